The van der Waals surface area contributed by atoms with Crippen molar-refractivity contribution >= 4 is 6.03 Å². The number of rotatable bonds is 2. The van der Waals surface area contributed by atoms with Crippen LogP contribution in [0.3, 0.4) is 0 Å². The number of carbonyl (C=O) groups is 1. The average molecular weight is 366 g/mol. The Morgan fingerprint density at radius 1 is 1.15 bits per heavy atom. The van der Waals surface area contributed by atoms with Crippen molar-refractivity contribution in [2.75, 3.05) is 0 Å². The summed E-state index contributed by atoms with van der Waals surface area (Å²) in [5.41, 5.74) is 1.40. The predicted octanol–water partition coefficient (Wildman–Crippen LogP) is 2.42. The minimum atomic E-state index is -0.819. The molecule has 2 fully saturated rings. The average Bonchev–Trinajstić information content (AvgIpc) is 3.25. The minimum absolute atomic E-state index is 0.0335. The summed E-state index contributed by atoms with van der Waals surface area (Å²) in [7, 11) is 0. The molecule has 2 N–H and O–H groups in total. The number of aliphatic hydroxyl groups is 1. The lowest BCUT2D eigenvalue weighted by Gasteiger charge is -2.44. The number of imidazole rings is 1. The van der Waals surface area contributed by atoms with Crippen LogP contribution in [-0.4, -0.2) is 43.7 Å². The summed E-state index contributed by atoms with van der Waals surface area (Å²) >= 11 is 0. The van der Waals surface area contributed by atoms with Gasteiger partial charge in [0.25, 0.3) is 0 Å². The highest BCUT2D eigenvalue weighted by Gasteiger charge is 2.50. The molecule has 142 valence electrons. The first kappa shape index (κ1) is 16.8. The second-order valence-electron chi connectivity index (χ2n) is 8.32. The second kappa shape index (κ2) is 6.37. The fourth-order valence-corrected chi connectivity index (χ4v) is 5.28. The first-order valence-electron chi connectivity index (χ1n) is 9.98. The lowest BCUT2D eigenvalue weighted by molar-refractivity contribution is -0.0440. The van der Waals surface area contributed by atoms with E-state index in [4.69, 9.17) is 0 Å². The molecule has 27 heavy (non-hydrogen) atoms. The number of aromatic nitrogens is 2. The maximum absolute atomic E-state index is 13.0. The third-order valence-corrected chi connectivity index (χ3v) is 6.60. The Morgan fingerprint density at radius 3 is 2.63 bits per heavy atom. The van der Waals surface area contributed by atoms with Crippen LogP contribution in [0.4, 0.5) is 4.79 Å². The van der Waals surface area contributed by atoms with E-state index in [9.17, 15) is 9.90 Å². The standard InChI is InChI=1S/C21H26N4O2/c26-20(23-16-6-7-19-12-22-14-24(19)13-16)25-17-8-9-18(25)11-21(27,10-17)15-4-2-1-3-5-15/h1-5,12,14,16-18,27H,6-11,13H2,(H,23,26). The van der Waals surface area contributed by atoms with Crippen LogP contribution in [0.25, 0.3) is 0 Å². The van der Waals surface area contributed by atoms with Crippen LogP contribution in [0.15, 0.2) is 42.9 Å². The molecule has 0 saturated carbocycles. The van der Waals surface area contributed by atoms with E-state index in [-0.39, 0.29) is 24.2 Å². The molecule has 1 aromatic heterocycles. The highest BCUT2D eigenvalue weighted by atomic mass is 16.3. The van der Waals surface area contributed by atoms with Gasteiger partial charge in [-0.3, -0.25) is 0 Å². The number of benzene rings is 1. The Kier molecular flexibility index (Phi) is 3.97. The molecule has 2 aromatic rings. The number of carbonyl (C=O) groups excluding carboxylic acids is 1. The zero-order valence-electron chi connectivity index (χ0n) is 15.4. The van der Waals surface area contributed by atoms with Crippen LogP contribution < -0.4 is 5.32 Å². The van der Waals surface area contributed by atoms with Crippen molar-refractivity contribution in [3.63, 3.8) is 0 Å². The Labute approximate surface area is 159 Å². The Balaban J connectivity index is 1.28. The highest BCUT2D eigenvalue weighted by Crippen LogP contribution is 2.45. The van der Waals surface area contributed by atoms with Crippen LogP contribution in [-0.2, 0) is 18.6 Å². The maximum atomic E-state index is 13.0. The van der Waals surface area contributed by atoms with Gasteiger partial charge in [-0.15, -0.1) is 0 Å². The topological polar surface area (TPSA) is 70.4 Å². The van der Waals surface area contributed by atoms with Gasteiger partial charge in [0, 0.05) is 49.4 Å². The van der Waals surface area contributed by atoms with Gasteiger partial charge in [-0.25, -0.2) is 9.78 Å². The number of hydrogen-bond acceptors (Lipinski definition) is 3. The van der Waals surface area contributed by atoms with Crippen molar-refractivity contribution in [2.24, 2.45) is 0 Å². The Bertz CT molecular complexity index is 820. The van der Waals surface area contributed by atoms with Crippen molar-refractivity contribution in [1.29, 1.82) is 0 Å². The van der Waals surface area contributed by atoms with Crippen molar-refractivity contribution < 1.29 is 9.90 Å². The molecule has 2 amide bonds. The van der Waals surface area contributed by atoms with Crippen LogP contribution in [0.5, 0.6) is 0 Å². The first-order chi connectivity index (χ1) is 13.1. The zero-order valence-corrected chi connectivity index (χ0v) is 15.4. The molecule has 2 saturated heterocycles. The summed E-state index contributed by atoms with van der Waals surface area (Å²) in [6, 6.07) is 10.3. The van der Waals surface area contributed by atoms with E-state index in [1.165, 1.54) is 5.69 Å². The van der Waals surface area contributed by atoms with Crippen LogP contribution in [0.2, 0.25) is 0 Å². The number of hydrogen-bond donors (Lipinski definition) is 2. The number of nitrogens with one attached hydrogen (secondary N) is 1. The summed E-state index contributed by atoms with van der Waals surface area (Å²) in [4.78, 5) is 19.2. The molecular weight excluding hydrogens is 340 g/mol. The first-order valence-corrected chi connectivity index (χ1v) is 9.98. The van der Waals surface area contributed by atoms with Gasteiger partial charge in [0.15, 0.2) is 0 Å². The summed E-state index contributed by atoms with van der Waals surface area (Å²) in [5, 5.41) is 14.5. The lowest BCUT2D eigenvalue weighted by Crippen LogP contribution is -2.57. The predicted molar refractivity (Wildman–Crippen MR) is 101 cm³/mol. The van der Waals surface area contributed by atoms with Gasteiger partial charge in [0.05, 0.1) is 11.9 Å². The molecule has 3 aliphatic rings. The van der Waals surface area contributed by atoms with Crippen LogP contribution in [0, 0.1) is 0 Å². The van der Waals surface area contributed by atoms with E-state index < -0.39 is 5.60 Å². The van der Waals surface area contributed by atoms with Gasteiger partial charge in [0.1, 0.15) is 0 Å². The number of amides is 2. The van der Waals surface area contributed by atoms with E-state index in [1.54, 1.807) is 0 Å². The number of nitrogens with zero attached hydrogens (tertiary/aromatic N) is 3. The van der Waals surface area contributed by atoms with E-state index in [0.29, 0.717) is 12.8 Å². The van der Waals surface area contributed by atoms with E-state index in [0.717, 1.165) is 37.8 Å². The molecule has 0 aliphatic carbocycles. The van der Waals surface area contributed by atoms with E-state index >= 15 is 0 Å². The molecule has 3 atom stereocenters. The minimum Gasteiger partial charge on any atom is -0.385 e. The molecule has 4 heterocycles. The van der Waals surface area contributed by atoms with Gasteiger partial charge in [-0.2, -0.15) is 0 Å². The molecule has 3 unspecified atom stereocenters. The zero-order chi connectivity index (χ0) is 18.4. The summed E-state index contributed by atoms with van der Waals surface area (Å²) in [6.07, 6.45) is 8.85. The van der Waals surface area contributed by atoms with Crippen molar-refractivity contribution in [2.45, 2.75) is 68.8 Å². The molecule has 6 heteroatoms. The maximum Gasteiger partial charge on any atom is 0.318 e. The second-order valence-corrected chi connectivity index (χ2v) is 8.32. The van der Waals surface area contributed by atoms with Crippen LogP contribution in [0.1, 0.15) is 43.4 Å². The molecule has 1 aromatic carbocycles. The third kappa shape index (κ3) is 2.92. The van der Waals surface area contributed by atoms with Gasteiger partial charge in [-0.1, -0.05) is 30.3 Å². The molecular formula is C21H26N4O2. The Morgan fingerprint density at radius 2 is 1.89 bits per heavy atom. The van der Waals surface area contributed by atoms with Gasteiger partial charge in [0.2, 0.25) is 0 Å². The SMILES string of the molecule is O=C(NC1CCc2cncn2C1)N1C2CCC1CC(O)(c1ccccc1)C2. The third-order valence-electron chi connectivity index (χ3n) is 6.60. The molecule has 3 aliphatic heterocycles. The van der Waals surface area contributed by atoms with Crippen LogP contribution >= 0.6 is 0 Å². The molecule has 6 nitrogen and oxygen atoms in total. The number of piperidine rings is 1. The van der Waals surface area contributed by atoms with Crippen molar-refractivity contribution in [3.8, 4) is 0 Å². The molecule has 5 rings (SSSR count). The summed E-state index contributed by atoms with van der Waals surface area (Å²) in [5.74, 6) is 0. The van der Waals surface area contributed by atoms with Crippen molar-refractivity contribution in [3.05, 3.63) is 54.1 Å². The lowest BCUT2D eigenvalue weighted by atomic mass is 9.80. The largest absolute Gasteiger partial charge is 0.385 e. The molecule has 2 bridgehead atoms. The van der Waals surface area contributed by atoms with E-state index in [1.807, 2.05) is 47.8 Å². The number of fused-ring (bicyclic) bond motifs is 3. The monoisotopic (exact) mass is 366 g/mol. The molecule has 0 radical (unpaired) electrons. The van der Waals surface area contributed by atoms with Gasteiger partial charge < -0.3 is 19.9 Å². The normalized spacial score (nSPS) is 32.2. The molecule has 0 spiro atoms. The Hall–Kier alpha value is -2.34. The fraction of sp³-hybridized carbons (Fsp3) is 0.524. The van der Waals surface area contributed by atoms with Gasteiger partial charge >= 0.3 is 6.03 Å². The number of aryl methyl sites for hydroxylation is 1. The number of urea groups is 1. The smallest absolute Gasteiger partial charge is 0.318 e. The van der Waals surface area contributed by atoms with Gasteiger partial charge in [-0.05, 0) is 31.2 Å². The summed E-state index contributed by atoms with van der Waals surface area (Å²) < 4.78 is 2.13. The van der Waals surface area contributed by atoms with Crippen molar-refractivity contribution in [1.82, 2.24) is 19.8 Å². The quantitative estimate of drug-likeness (QED) is 0.858. The fourth-order valence-electron chi connectivity index (χ4n) is 5.28. The van der Waals surface area contributed by atoms with E-state index in [2.05, 4.69) is 14.9 Å². The highest BCUT2D eigenvalue weighted by molar-refractivity contribution is 5.76. The summed E-state index contributed by atoms with van der Waals surface area (Å²) in [6.45, 7) is 0.790.